The van der Waals surface area contributed by atoms with Crippen molar-refractivity contribution in [3.8, 4) is 0 Å². The minimum Gasteiger partial charge on any atom is -0.424 e. The molecule has 0 fully saturated rings. The third-order valence-electron chi connectivity index (χ3n) is 2.12. The number of rotatable bonds is 2. The van der Waals surface area contributed by atoms with Crippen LogP contribution in [0.15, 0.2) is 4.42 Å². The first kappa shape index (κ1) is 10.2. The van der Waals surface area contributed by atoms with Crippen LogP contribution >= 0.6 is 0 Å². The molecule has 3 heteroatoms. The van der Waals surface area contributed by atoms with Crippen molar-refractivity contribution in [2.45, 2.75) is 52.4 Å². The largest absolute Gasteiger partial charge is 0.424 e. The SMILES string of the molecule is CCC(C)c1nnc(C(C)(C)C)o1. The van der Waals surface area contributed by atoms with Gasteiger partial charge in [0.2, 0.25) is 11.8 Å². The van der Waals surface area contributed by atoms with E-state index in [1.54, 1.807) is 0 Å². The lowest BCUT2D eigenvalue weighted by Crippen LogP contribution is -2.11. The van der Waals surface area contributed by atoms with Gasteiger partial charge in [-0.1, -0.05) is 34.6 Å². The van der Waals surface area contributed by atoms with Gasteiger partial charge in [0.05, 0.1) is 0 Å². The van der Waals surface area contributed by atoms with E-state index in [1.165, 1.54) is 0 Å². The molecule has 0 saturated carbocycles. The van der Waals surface area contributed by atoms with Gasteiger partial charge < -0.3 is 4.42 Å². The van der Waals surface area contributed by atoms with E-state index < -0.39 is 0 Å². The molecule has 74 valence electrons. The van der Waals surface area contributed by atoms with Crippen molar-refractivity contribution in [3.05, 3.63) is 11.8 Å². The standard InChI is InChI=1S/C10H18N2O/c1-6-7(2)8-11-12-9(13-8)10(3,4)5/h7H,6H2,1-5H3. The summed E-state index contributed by atoms with van der Waals surface area (Å²) in [5, 5.41) is 8.08. The molecule has 1 aromatic heterocycles. The van der Waals surface area contributed by atoms with Crippen LogP contribution in [0.4, 0.5) is 0 Å². The third kappa shape index (κ3) is 2.29. The lowest BCUT2D eigenvalue weighted by molar-refractivity contribution is 0.357. The predicted molar refractivity (Wildman–Crippen MR) is 51.7 cm³/mol. The fraction of sp³-hybridized carbons (Fsp3) is 0.800. The van der Waals surface area contributed by atoms with Crippen LogP contribution in [-0.2, 0) is 5.41 Å². The Morgan fingerprint density at radius 3 is 2.31 bits per heavy atom. The van der Waals surface area contributed by atoms with E-state index in [0.29, 0.717) is 5.92 Å². The maximum absolute atomic E-state index is 5.58. The van der Waals surface area contributed by atoms with Crippen LogP contribution in [0.2, 0.25) is 0 Å². The van der Waals surface area contributed by atoms with Gasteiger partial charge in [-0.2, -0.15) is 0 Å². The maximum atomic E-state index is 5.58. The molecule has 0 aliphatic heterocycles. The van der Waals surface area contributed by atoms with Crippen molar-refractivity contribution < 1.29 is 4.42 Å². The van der Waals surface area contributed by atoms with Gasteiger partial charge in [-0.25, -0.2) is 0 Å². The highest BCUT2D eigenvalue weighted by molar-refractivity contribution is 4.98. The molecule has 0 bridgehead atoms. The van der Waals surface area contributed by atoms with Crippen molar-refractivity contribution in [3.63, 3.8) is 0 Å². The van der Waals surface area contributed by atoms with E-state index in [9.17, 15) is 0 Å². The summed E-state index contributed by atoms with van der Waals surface area (Å²) in [6.07, 6.45) is 1.03. The molecule has 0 aromatic carbocycles. The molecular formula is C10H18N2O. The highest BCUT2D eigenvalue weighted by atomic mass is 16.4. The monoisotopic (exact) mass is 182 g/mol. The van der Waals surface area contributed by atoms with Gasteiger partial charge in [0.25, 0.3) is 0 Å². The lowest BCUT2D eigenvalue weighted by Gasteiger charge is -2.11. The van der Waals surface area contributed by atoms with Gasteiger partial charge in [0, 0.05) is 11.3 Å². The van der Waals surface area contributed by atoms with Crippen LogP contribution in [-0.4, -0.2) is 10.2 Å². The molecule has 1 heterocycles. The normalized spacial score (nSPS) is 14.5. The topological polar surface area (TPSA) is 38.9 Å². The van der Waals surface area contributed by atoms with Crippen molar-refractivity contribution in [1.82, 2.24) is 10.2 Å². The fourth-order valence-corrected chi connectivity index (χ4v) is 0.911. The Morgan fingerprint density at radius 1 is 1.31 bits per heavy atom. The Labute approximate surface area is 79.6 Å². The number of aromatic nitrogens is 2. The molecule has 0 aliphatic rings. The Bertz CT molecular complexity index is 273. The summed E-state index contributed by atoms with van der Waals surface area (Å²) in [5.74, 6) is 1.85. The second-order valence-electron chi connectivity index (χ2n) is 4.50. The zero-order chi connectivity index (χ0) is 10.1. The second-order valence-corrected chi connectivity index (χ2v) is 4.50. The molecule has 3 nitrogen and oxygen atoms in total. The zero-order valence-electron chi connectivity index (χ0n) is 9.09. The molecule has 13 heavy (non-hydrogen) atoms. The van der Waals surface area contributed by atoms with Crippen LogP contribution in [0.5, 0.6) is 0 Å². The van der Waals surface area contributed by atoms with Crippen LogP contribution in [0.25, 0.3) is 0 Å². The van der Waals surface area contributed by atoms with Gasteiger partial charge in [-0.15, -0.1) is 10.2 Å². The highest BCUT2D eigenvalue weighted by Gasteiger charge is 2.22. The summed E-state index contributed by atoms with van der Waals surface area (Å²) in [5.41, 5.74) is -0.0429. The van der Waals surface area contributed by atoms with E-state index in [4.69, 9.17) is 4.42 Å². The highest BCUT2D eigenvalue weighted by Crippen LogP contribution is 2.24. The molecule has 0 saturated heterocycles. The first-order valence-electron chi connectivity index (χ1n) is 4.79. The van der Waals surface area contributed by atoms with E-state index in [0.717, 1.165) is 18.2 Å². The fourth-order valence-electron chi connectivity index (χ4n) is 0.911. The molecule has 1 rings (SSSR count). The molecule has 1 aromatic rings. The number of hydrogen-bond donors (Lipinski definition) is 0. The minimum absolute atomic E-state index is 0.0429. The van der Waals surface area contributed by atoms with Crippen molar-refractivity contribution in [2.24, 2.45) is 0 Å². The van der Waals surface area contributed by atoms with Crippen molar-refractivity contribution >= 4 is 0 Å². The van der Waals surface area contributed by atoms with E-state index in [2.05, 4.69) is 44.8 Å². The molecule has 1 atom stereocenters. The summed E-state index contributed by atoms with van der Waals surface area (Å²) < 4.78 is 5.58. The van der Waals surface area contributed by atoms with E-state index in [1.807, 2.05) is 0 Å². The van der Waals surface area contributed by atoms with E-state index >= 15 is 0 Å². The smallest absolute Gasteiger partial charge is 0.221 e. The second kappa shape index (κ2) is 3.48. The molecule has 0 amide bonds. The summed E-state index contributed by atoms with van der Waals surface area (Å²) in [7, 11) is 0. The predicted octanol–water partition coefficient (Wildman–Crippen LogP) is 2.88. The molecule has 0 radical (unpaired) electrons. The van der Waals surface area contributed by atoms with E-state index in [-0.39, 0.29) is 5.41 Å². The van der Waals surface area contributed by atoms with Gasteiger partial charge >= 0.3 is 0 Å². The van der Waals surface area contributed by atoms with Gasteiger partial charge in [0.1, 0.15) is 0 Å². The quantitative estimate of drug-likeness (QED) is 0.706. The Balaban J connectivity index is 2.87. The van der Waals surface area contributed by atoms with Gasteiger partial charge in [-0.05, 0) is 6.42 Å². The first-order valence-corrected chi connectivity index (χ1v) is 4.79. The Hall–Kier alpha value is -0.860. The molecule has 0 N–H and O–H groups in total. The first-order chi connectivity index (χ1) is 5.95. The van der Waals surface area contributed by atoms with Gasteiger partial charge in [-0.3, -0.25) is 0 Å². The third-order valence-corrected chi connectivity index (χ3v) is 2.12. The van der Waals surface area contributed by atoms with Crippen LogP contribution in [0.3, 0.4) is 0 Å². The minimum atomic E-state index is -0.0429. The molecule has 0 aliphatic carbocycles. The summed E-state index contributed by atoms with van der Waals surface area (Å²) in [6, 6.07) is 0. The molecular weight excluding hydrogens is 164 g/mol. The number of hydrogen-bond acceptors (Lipinski definition) is 3. The average Bonchev–Trinajstić information content (AvgIpc) is 2.50. The van der Waals surface area contributed by atoms with Crippen LogP contribution in [0.1, 0.15) is 58.7 Å². The summed E-state index contributed by atoms with van der Waals surface area (Å²) >= 11 is 0. The van der Waals surface area contributed by atoms with Gasteiger partial charge in [0.15, 0.2) is 0 Å². The lowest BCUT2D eigenvalue weighted by atomic mass is 9.97. The average molecular weight is 182 g/mol. The zero-order valence-corrected chi connectivity index (χ0v) is 9.09. The summed E-state index contributed by atoms with van der Waals surface area (Å²) in [4.78, 5) is 0. The van der Waals surface area contributed by atoms with Crippen LogP contribution < -0.4 is 0 Å². The Morgan fingerprint density at radius 2 is 1.92 bits per heavy atom. The summed E-state index contributed by atoms with van der Waals surface area (Å²) in [6.45, 7) is 10.4. The molecule has 0 spiro atoms. The molecule has 1 unspecified atom stereocenters. The van der Waals surface area contributed by atoms with Crippen molar-refractivity contribution in [1.29, 1.82) is 0 Å². The Kier molecular flexibility index (Phi) is 2.74. The number of nitrogens with zero attached hydrogens (tertiary/aromatic N) is 2. The van der Waals surface area contributed by atoms with Crippen LogP contribution in [0, 0.1) is 0 Å². The maximum Gasteiger partial charge on any atom is 0.221 e. The van der Waals surface area contributed by atoms with Crippen molar-refractivity contribution in [2.75, 3.05) is 0 Å².